The molecule has 23 heavy (non-hydrogen) atoms. The number of nitrogens with one attached hydrogen (secondary N) is 2. The lowest BCUT2D eigenvalue weighted by Gasteiger charge is -2.39. The maximum Gasteiger partial charge on any atom is 0.251 e. The van der Waals surface area contributed by atoms with E-state index < -0.39 is 0 Å². The molecule has 1 saturated carbocycles. The second-order valence-corrected chi connectivity index (χ2v) is 6.91. The van der Waals surface area contributed by atoms with Crippen LogP contribution in [0.4, 0.5) is 0 Å². The molecule has 1 saturated heterocycles. The number of aryl methyl sites for hydroxylation is 1. The first-order valence-corrected chi connectivity index (χ1v) is 8.54. The Morgan fingerprint density at radius 2 is 2.30 bits per heavy atom. The second-order valence-electron chi connectivity index (χ2n) is 6.91. The number of oxazole rings is 1. The van der Waals surface area contributed by atoms with Crippen molar-refractivity contribution in [1.82, 2.24) is 15.6 Å². The number of nitrogens with zero attached hydrogens (tertiary/aromatic N) is 1. The Labute approximate surface area is 135 Å². The molecule has 4 rings (SSSR count). The summed E-state index contributed by atoms with van der Waals surface area (Å²) in [6.45, 7) is 5.10. The van der Waals surface area contributed by atoms with E-state index in [4.69, 9.17) is 4.42 Å². The topological polar surface area (TPSA) is 67.2 Å². The van der Waals surface area contributed by atoms with Gasteiger partial charge in [0.15, 0.2) is 11.5 Å². The first kappa shape index (κ1) is 14.7. The number of benzene rings is 1. The summed E-state index contributed by atoms with van der Waals surface area (Å²) in [7, 11) is 0. The van der Waals surface area contributed by atoms with Crippen LogP contribution in [0.2, 0.25) is 0 Å². The summed E-state index contributed by atoms with van der Waals surface area (Å²) in [5, 5.41) is 6.93. The van der Waals surface area contributed by atoms with Crippen LogP contribution in [0.5, 0.6) is 0 Å². The Bertz CT molecular complexity index is 748. The van der Waals surface area contributed by atoms with Crippen LogP contribution in [0.1, 0.15) is 48.9 Å². The van der Waals surface area contributed by atoms with Crippen molar-refractivity contribution < 1.29 is 9.21 Å². The monoisotopic (exact) mass is 313 g/mol. The smallest absolute Gasteiger partial charge is 0.251 e. The van der Waals surface area contributed by atoms with Crippen molar-refractivity contribution in [2.75, 3.05) is 6.54 Å². The fraction of sp³-hybridized carbons (Fsp3) is 0.556. The SMILES string of the molecule is CCC1CCNC2(CC2)C1NC(=O)c1ccc2nc(C)oc2c1. The first-order chi connectivity index (χ1) is 11.1. The van der Waals surface area contributed by atoms with Gasteiger partial charge >= 0.3 is 0 Å². The summed E-state index contributed by atoms with van der Waals surface area (Å²) in [6, 6.07) is 5.70. The standard InChI is InChI=1S/C18H23N3O2/c1-3-12-6-9-19-18(7-8-18)16(12)21-17(22)13-4-5-14-15(10-13)23-11(2)20-14/h4-5,10,12,16,19H,3,6-9H2,1-2H3,(H,21,22). The first-order valence-electron chi connectivity index (χ1n) is 8.54. The van der Waals surface area contributed by atoms with Crippen LogP contribution in [-0.2, 0) is 0 Å². The van der Waals surface area contributed by atoms with Gasteiger partial charge in [0.05, 0.1) is 6.04 Å². The molecule has 2 fully saturated rings. The fourth-order valence-electron chi connectivity index (χ4n) is 3.96. The summed E-state index contributed by atoms with van der Waals surface area (Å²) in [5.41, 5.74) is 2.25. The largest absolute Gasteiger partial charge is 0.441 e. The molecule has 2 aliphatic rings. The van der Waals surface area contributed by atoms with Crippen LogP contribution in [-0.4, -0.2) is 29.0 Å². The summed E-state index contributed by atoms with van der Waals surface area (Å²) in [5.74, 6) is 1.16. The highest BCUT2D eigenvalue weighted by molar-refractivity contribution is 5.97. The third-order valence-corrected chi connectivity index (χ3v) is 5.42. The summed E-state index contributed by atoms with van der Waals surface area (Å²) in [6.07, 6.45) is 4.56. The number of piperidine rings is 1. The predicted octanol–water partition coefficient (Wildman–Crippen LogP) is 2.79. The second kappa shape index (κ2) is 5.34. The maximum absolute atomic E-state index is 12.7. The van der Waals surface area contributed by atoms with E-state index in [2.05, 4.69) is 22.5 Å². The van der Waals surface area contributed by atoms with E-state index in [1.165, 1.54) is 0 Å². The molecule has 2 N–H and O–H groups in total. The molecular formula is C18H23N3O2. The van der Waals surface area contributed by atoms with Crippen LogP contribution >= 0.6 is 0 Å². The van der Waals surface area contributed by atoms with E-state index in [1.54, 1.807) is 6.07 Å². The molecule has 1 amide bonds. The third kappa shape index (κ3) is 2.53. The van der Waals surface area contributed by atoms with Crippen molar-refractivity contribution in [3.05, 3.63) is 29.7 Å². The average molecular weight is 313 g/mol. The van der Waals surface area contributed by atoms with Gasteiger partial charge in [-0.25, -0.2) is 4.98 Å². The fourth-order valence-corrected chi connectivity index (χ4v) is 3.96. The van der Waals surface area contributed by atoms with Gasteiger partial charge < -0.3 is 15.1 Å². The lowest BCUT2D eigenvalue weighted by molar-refractivity contribution is 0.0875. The zero-order chi connectivity index (χ0) is 16.0. The van der Waals surface area contributed by atoms with Gasteiger partial charge in [-0.2, -0.15) is 0 Å². The minimum absolute atomic E-state index is 0.0145. The molecule has 5 heteroatoms. The number of carbonyl (C=O) groups excluding carboxylic acids is 1. The van der Waals surface area contributed by atoms with E-state index in [-0.39, 0.29) is 17.5 Å². The molecule has 5 nitrogen and oxygen atoms in total. The van der Waals surface area contributed by atoms with Gasteiger partial charge in [-0.15, -0.1) is 0 Å². The molecule has 0 radical (unpaired) electrons. The molecule has 2 heterocycles. The van der Waals surface area contributed by atoms with Crippen LogP contribution in [0.25, 0.3) is 11.1 Å². The predicted molar refractivity (Wildman–Crippen MR) is 88.4 cm³/mol. The number of aromatic nitrogens is 1. The van der Waals surface area contributed by atoms with Gasteiger partial charge in [-0.05, 0) is 49.9 Å². The van der Waals surface area contributed by atoms with E-state index in [9.17, 15) is 4.79 Å². The number of hydrogen-bond donors (Lipinski definition) is 2. The Kier molecular flexibility index (Phi) is 3.41. The van der Waals surface area contributed by atoms with Crippen molar-refractivity contribution in [3.8, 4) is 0 Å². The van der Waals surface area contributed by atoms with Gasteiger partial charge in [0.2, 0.25) is 0 Å². The highest BCUT2D eigenvalue weighted by Gasteiger charge is 2.53. The van der Waals surface area contributed by atoms with Crippen LogP contribution in [0, 0.1) is 12.8 Å². The Hall–Kier alpha value is -1.88. The Morgan fingerprint density at radius 3 is 3.04 bits per heavy atom. The number of carbonyl (C=O) groups is 1. The Morgan fingerprint density at radius 1 is 1.48 bits per heavy atom. The molecule has 1 aliphatic carbocycles. The van der Waals surface area contributed by atoms with E-state index in [0.717, 1.165) is 37.7 Å². The van der Waals surface area contributed by atoms with Crippen molar-refractivity contribution in [1.29, 1.82) is 0 Å². The highest BCUT2D eigenvalue weighted by Crippen LogP contribution is 2.45. The summed E-state index contributed by atoms with van der Waals surface area (Å²) < 4.78 is 5.54. The van der Waals surface area contributed by atoms with Crippen molar-refractivity contribution in [2.45, 2.75) is 51.1 Å². The molecule has 122 valence electrons. The minimum atomic E-state index is -0.0145. The highest BCUT2D eigenvalue weighted by atomic mass is 16.3. The molecule has 1 spiro atoms. The number of hydrogen-bond acceptors (Lipinski definition) is 4. The third-order valence-electron chi connectivity index (χ3n) is 5.42. The molecule has 2 unspecified atom stereocenters. The lowest BCUT2D eigenvalue weighted by atomic mass is 9.83. The summed E-state index contributed by atoms with van der Waals surface area (Å²) in [4.78, 5) is 17.0. The average Bonchev–Trinajstić information content (AvgIpc) is 3.20. The molecule has 0 bridgehead atoms. The van der Waals surface area contributed by atoms with Gasteiger partial charge in [-0.1, -0.05) is 13.3 Å². The number of fused-ring (bicyclic) bond motifs is 1. The van der Waals surface area contributed by atoms with Gasteiger partial charge in [0, 0.05) is 18.0 Å². The molecule has 1 aromatic carbocycles. The number of rotatable bonds is 3. The Balaban J connectivity index is 1.57. The van der Waals surface area contributed by atoms with Gasteiger partial charge in [0.1, 0.15) is 5.52 Å². The zero-order valence-corrected chi connectivity index (χ0v) is 13.7. The van der Waals surface area contributed by atoms with E-state index >= 15 is 0 Å². The lowest BCUT2D eigenvalue weighted by Crippen LogP contribution is -2.59. The molecular weight excluding hydrogens is 290 g/mol. The minimum Gasteiger partial charge on any atom is -0.441 e. The van der Waals surface area contributed by atoms with E-state index in [0.29, 0.717) is 23.0 Å². The molecule has 1 aliphatic heterocycles. The maximum atomic E-state index is 12.7. The summed E-state index contributed by atoms with van der Waals surface area (Å²) >= 11 is 0. The van der Waals surface area contributed by atoms with Crippen LogP contribution in [0.3, 0.4) is 0 Å². The van der Waals surface area contributed by atoms with Crippen molar-refractivity contribution in [3.63, 3.8) is 0 Å². The van der Waals surface area contributed by atoms with Gasteiger partial charge in [-0.3, -0.25) is 4.79 Å². The van der Waals surface area contributed by atoms with Crippen LogP contribution < -0.4 is 10.6 Å². The van der Waals surface area contributed by atoms with Crippen molar-refractivity contribution >= 4 is 17.0 Å². The quantitative estimate of drug-likeness (QED) is 0.914. The van der Waals surface area contributed by atoms with E-state index in [1.807, 2.05) is 19.1 Å². The molecule has 2 atom stereocenters. The number of amides is 1. The van der Waals surface area contributed by atoms with Crippen molar-refractivity contribution in [2.24, 2.45) is 5.92 Å². The molecule has 1 aromatic heterocycles. The molecule has 2 aromatic rings. The zero-order valence-electron chi connectivity index (χ0n) is 13.7. The normalized spacial score (nSPS) is 25.7. The van der Waals surface area contributed by atoms with Gasteiger partial charge in [0.25, 0.3) is 5.91 Å². The van der Waals surface area contributed by atoms with Crippen LogP contribution in [0.15, 0.2) is 22.6 Å².